The summed E-state index contributed by atoms with van der Waals surface area (Å²) in [6.45, 7) is 0. The van der Waals surface area contributed by atoms with E-state index in [1.807, 2.05) is 0 Å². The molecule has 0 saturated heterocycles. The van der Waals surface area contributed by atoms with Crippen LogP contribution in [0.5, 0.6) is 0 Å². The van der Waals surface area contributed by atoms with Crippen LogP contribution >= 0.6 is 0 Å². The first kappa shape index (κ1) is 9.55. The zero-order valence-corrected chi connectivity index (χ0v) is 10.1. The zero-order chi connectivity index (χ0) is 9.80. The van der Waals surface area contributed by atoms with E-state index in [-0.39, 0.29) is 0 Å². The maximum atomic E-state index is 2.39. The molecule has 0 aliphatic heterocycles. The minimum absolute atomic E-state index is 0.989. The number of benzene rings is 2. The van der Waals surface area contributed by atoms with E-state index in [9.17, 15) is 0 Å². The quantitative estimate of drug-likeness (QED) is 0.708. The molecule has 2 aromatic rings. The van der Waals surface area contributed by atoms with Crippen LogP contribution in [0.4, 0.5) is 0 Å². The van der Waals surface area contributed by atoms with Gasteiger partial charge in [-0.3, -0.25) is 0 Å². The summed E-state index contributed by atoms with van der Waals surface area (Å²) in [6, 6.07) is 21.6. The predicted octanol–water partition coefficient (Wildman–Crippen LogP) is 1.93. The third-order valence-electron chi connectivity index (χ3n) is 2.29. The molecule has 0 radical (unpaired) electrons. The van der Waals surface area contributed by atoms with E-state index < -0.39 is 14.7 Å². The van der Waals surface area contributed by atoms with Gasteiger partial charge in [0.1, 0.15) is 0 Å². The number of hydrogen-bond donors (Lipinski definition) is 0. The molecule has 2 aromatic carbocycles. The van der Waals surface area contributed by atoms with Crippen LogP contribution in [0, 0.1) is 0 Å². The zero-order valence-electron chi connectivity index (χ0n) is 8.22. The Balaban J connectivity index is 2.30. The molecule has 0 bridgehead atoms. The molecule has 0 atom stereocenters. The average Bonchev–Trinajstić information content (AvgIpc) is 2.30. The molecule has 0 N–H and O–H groups in total. The first-order valence-corrected chi connectivity index (χ1v) is 8.47. The van der Waals surface area contributed by atoms with Gasteiger partial charge in [0.15, 0.2) is 0 Å². The molecular weight excluding hydrogens is 231 g/mol. The van der Waals surface area contributed by atoms with Crippen LogP contribution in [0.25, 0.3) is 0 Å². The van der Waals surface area contributed by atoms with E-state index in [2.05, 4.69) is 66.4 Å². The predicted molar refractivity (Wildman–Crippen MR) is 63.8 cm³/mol. The van der Waals surface area contributed by atoms with E-state index >= 15 is 0 Å². The fraction of sp³-hybridized carbons (Fsp3) is 0.0769. The fourth-order valence-corrected chi connectivity index (χ4v) is 4.68. The molecule has 70 valence electrons. The molecule has 2 rings (SSSR count). The van der Waals surface area contributed by atoms with Crippen molar-refractivity contribution in [2.75, 3.05) is 0 Å². The fourth-order valence-electron chi connectivity index (χ4n) is 1.45. The summed E-state index contributed by atoms with van der Waals surface area (Å²) in [5.41, 5.74) is 2.39. The molecule has 0 amide bonds. The number of rotatable bonds is 2. The van der Waals surface area contributed by atoms with Gasteiger partial charge < -0.3 is 0 Å². The number of hydrogen-bond acceptors (Lipinski definition) is 0. The second-order valence-corrected chi connectivity index (χ2v) is 7.74. The van der Waals surface area contributed by atoms with Crippen molar-refractivity contribution in [3.63, 3.8) is 0 Å². The minimum atomic E-state index is -0.989. The second-order valence-electron chi connectivity index (χ2n) is 3.23. The molecule has 0 aromatic heterocycles. The van der Waals surface area contributed by atoms with Crippen LogP contribution in [-0.4, -0.2) is 14.7 Å². The van der Waals surface area contributed by atoms with Crippen molar-refractivity contribution < 1.29 is 0 Å². The Morgan fingerprint density at radius 1 is 0.643 bits per heavy atom. The summed E-state index contributed by atoms with van der Waals surface area (Å²) < 4.78 is 3.04. The summed E-state index contributed by atoms with van der Waals surface area (Å²) in [4.78, 5) is 0. The molecule has 0 saturated carbocycles. The Morgan fingerprint density at radius 3 is 1.36 bits per heavy atom. The van der Waals surface area contributed by atoms with Crippen molar-refractivity contribution in [2.45, 2.75) is 5.71 Å². The van der Waals surface area contributed by atoms with Gasteiger partial charge in [-0.05, 0) is 0 Å². The Hall–Kier alpha value is -1.00. The van der Waals surface area contributed by atoms with E-state index in [1.54, 1.807) is 0 Å². The summed E-state index contributed by atoms with van der Waals surface area (Å²) in [7, 11) is 0. The van der Waals surface area contributed by atoms with Gasteiger partial charge >= 0.3 is 89.7 Å². The van der Waals surface area contributed by atoms with Crippen molar-refractivity contribution in [3.05, 3.63) is 60.7 Å². The van der Waals surface area contributed by atoms with Gasteiger partial charge in [0.25, 0.3) is 0 Å². The molecule has 0 aliphatic rings. The molecule has 0 spiro atoms. The molecule has 14 heavy (non-hydrogen) atoms. The van der Waals surface area contributed by atoms with Gasteiger partial charge in [0.05, 0.1) is 0 Å². The molecule has 0 aliphatic carbocycles. The van der Waals surface area contributed by atoms with Gasteiger partial charge in [0.2, 0.25) is 0 Å². The third-order valence-corrected chi connectivity index (χ3v) is 6.79. The van der Waals surface area contributed by atoms with Gasteiger partial charge in [0, 0.05) is 0 Å². The third kappa shape index (κ3) is 2.08. The SMILES string of the molecule is C[As](c1ccccc1)c1ccccc1. The van der Waals surface area contributed by atoms with Gasteiger partial charge in [-0.15, -0.1) is 0 Å². The van der Waals surface area contributed by atoms with E-state index in [0.29, 0.717) is 0 Å². The summed E-state index contributed by atoms with van der Waals surface area (Å²) in [6.07, 6.45) is 0. The monoisotopic (exact) mass is 244 g/mol. The van der Waals surface area contributed by atoms with Crippen molar-refractivity contribution >= 4 is 23.4 Å². The Morgan fingerprint density at radius 2 is 1.00 bits per heavy atom. The Labute approximate surface area is 89.9 Å². The summed E-state index contributed by atoms with van der Waals surface area (Å²) in [5.74, 6) is 0. The van der Waals surface area contributed by atoms with Crippen LogP contribution in [0.3, 0.4) is 0 Å². The van der Waals surface area contributed by atoms with Crippen molar-refractivity contribution in [2.24, 2.45) is 0 Å². The van der Waals surface area contributed by atoms with Crippen LogP contribution in [0.2, 0.25) is 5.71 Å². The summed E-state index contributed by atoms with van der Waals surface area (Å²) in [5, 5.41) is 0. The van der Waals surface area contributed by atoms with Crippen molar-refractivity contribution in [3.8, 4) is 0 Å². The van der Waals surface area contributed by atoms with Crippen LogP contribution in [0.1, 0.15) is 0 Å². The van der Waals surface area contributed by atoms with Crippen molar-refractivity contribution in [1.82, 2.24) is 0 Å². The molecule has 0 fully saturated rings. The molecular formula is C13H13As. The van der Waals surface area contributed by atoms with Crippen LogP contribution in [-0.2, 0) is 0 Å². The summed E-state index contributed by atoms with van der Waals surface area (Å²) >= 11 is -0.989. The van der Waals surface area contributed by atoms with Crippen LogP contribution < -0.4 is 8.70 Å². The van der Waals surface area contributed by atoms with Gasteiger partial charge in [-0.25, -0.2) is 0 Å². The first-order valence-electron chi connectivity index (χ1n) is 4.72. The molecule has 1 heteroatoms. The van der Waals surface area contributed by atoms with E-state index in [4.69, 9.17) is 0 Å². The second kappa shape index (κ2) is 4.48. The van der Waals surface area contributed by atoms with Crippen LogP contribution in [0.15, 0.2) is 60.7 Å². The Kier molecular flexibility index (Phi) is 3.06. The van der Waals surface area contributed by atoms with Crippen molar-refractivity contribution in [1.29, 1.82) is 0 Å². The molecule has 0 heterocycles. The van der Waals surface area contributed by atoms with Gasteiger partial charge in [-0.2, -0.15) is 0 Å². The first-order chi connectivity index (χ1) is 6.88. The maximum absolute atomic E-state index is 2.39. The van der Waals surface area contributed by atoms with E-state index in [1.165, 1.54) is 8.70 Å². The normalized spacial score (nSPS) is 10.4. The molecule has 0 unspecified atom stereocenters. The van der Waals surface area contributed by atoms with Gasteiger partial charge in [-0.1, -0.05) is 0 Å². The Bertz CT molecular complexity index is 341. The standard InChI is InChI=1S/C13H13As/c1-14(12-8-4-2-5-9-12)13-10-6-3-7-11-13/h2-11H,1H3. The van der Waals surface area contributed by atoms with E-state index in [0.717, 1.165) is 0 Å². The average molecular weight is 244 g/mol. The molecule has 0 nitrogen and oxygen atoms in total. The topological polar surface area (TPSA) is 0 Å².